The van der Waals surface area contributed by atoms with Crippen molar-refractivity contribution in [2.24, 2.45) is 10.8 Å². The van der Waals surface area contributed by atoms with Crippen molar-refractivity contribution in [1.29, 1.82) is 0 Å². The van der Waals surface area contributed by atoms with Crippen LogP contribution in [0, 0.1) is 0 Å². The fraction of sp³-hybridized carbons (Fsp3) is 0.143. The highest BCUT2D eigenvalue weighted by Crippen LogP contribution is 2.15. The number of guanidine groups is 1. The zero-order valence-corrected chi connectivity index (χ0v) is 10.7. The molecule has 2 aromatic rings. The van der Waals surface area contributed by atoms with Crippen LogP contribution in [0.1, 0.15) is 18.5 Å². The van der Waals surface area contributed by atoms with Crippen LogP contribution in [0.2, 0.25) is 0 Å². The Morgan fingerprint density at radius 2 is 2.00 bits per heavy atom. The van der Waals surface area contributed by atoms with Gasteiger partial charge in [-0.3, -0.25) is 10.4 Å². The van der Waals surface area contributed by atoms with Crippen molar-refractivity contribution in [3.63, 3.8) is 0 Å². The number of benzene rings is 1. The number of aliphatic imine (C=N–C) groups is 1. The van der Waals surface area contributed by atoms with Crippen molar-refractivity contribution < 1.29 is 0 Å². The maximum Gasteiger partial charge on any atom is 0.210 e. The zero-order valence-electron chi connectivity index (χ0n) is 10.7. The van der Waals surface area contributed by atoms with Crippen LogP contribution in [0.15, 0.2) is 59.9 Å². The van der Waals surface area contributed by atoms with E-state index in [1.807, 2.05) is 49.4 Å². The Hall–Kier alpha value is -2.40. The van der Waals surface area contributed by atoms with Gasteiger partial charge in [0, 0.05) is 18.1 Å². The highest BCUT2D eigenvalue weighted by atomic mass is 15.3. The van der Waals surface area contributed by atoms with Crippen LogP contribution >= 0.6 is 0 Å². The van der Waals surface area contributed by atoms with E-state index in [0.29, 0.717) is 5.96 Å². The number of nitrogens with one attached hydrogen (secondary N) is 2. The molecule has 0 amide bonds. The minimum absolute atomic E-state index is 0.0315. The van der Waals surface area contributed by atoms with E-state index < -0.39 is 0 Å². The Bertz CT molecular complexity index is 524. The maximum absolute atomic E-state index is 5.49. The third-order valence-corrected chi connectivity index (χ3v) is 2.66. The maximum atomic E-state index is 5.49. The van der Waals surface area contributed by atoms with Crippen LogP contribution in [-0.4, -0.2) is 10.9 Å². The number of aromatic nitrogens is 1. The molecule has 1 unspecified atom stereocenters. The predicted octanol–water partition coefficient (Wildman–Crippen LogP) is 2.07. The number of hydrogen-bond acceptors (Lipinski definition) is 3. The van der Waals surface area contributed by atoms with Gasteiger partial charge < -0.3 is 5.32 Å². The number of pyridine rings is 1. The van der Waals surface area contributed by atoms with Crippen LogP contribution < -0.4 is 16.6 Å². The molecule has 1 aromatic carbocycles. The molecule has 5 nitrogen and oxygen atoms in total. The topological polar surface area (TPSA) is 75.3 Å². The van der Waals surface area contributed by atoms with Gasteiger partial charge in [0.25, 0.3) is 0 Å². The van der Waals surface area contributed by atoms with Gasteiger partial charge in [0.05, 0.1) is 6.04 Å². The first-order chi connectivity index (χ1) is 9.29. The summed E-state index contributed by atoms with van der Waals surface area (Å²) in [7, 11) is 0. The highest BCUT2D eigenvalue weighted by molar-refractivity contribution is 5.93. The summed E-state index contributed by atoms with van der Waals surface area (Å²) in [5.41, 5.74) is 4.53. The van der Waals surface area contributed by atoms with Gasteiger partial charge in [-0.25, -0.2) is 10.8 Å². The number of hydrogen-bond donors (Lipinski definition) is 3. The smallest absolute Gasteiger partial charge is 0.210 e. The first kappa shape index (κ1) is 13.0. The van der Waals surface area contributed by atoms with Crippen LogP contribution in [0.4, 0.5) is 5.69 Å². The molecule has 0 bridgehead atoms. The van der Waals surface area contributed by atoms with Crippen molar-refractivity contribution in [1.82, 2.24) is 10.4 Å². The van der Waals surface area contributed by atoms with Crippen molar-refractivity contribution in [2.75, 3.05) is 5.32 Å². The van der Waals surface area contributed by atoms with E-state index in [0.717, 1.165) is 11.3 Å². The lowest BCUT2D eigenvalue weighted by Gasteiger charge is -2.12. The third kappa shape index (κ3) is 3.79. The van der Waals surface area contributed by atoms with E-state index in [9.17, 15) is 0 Å². The molecular formula is C14H17N5. The fourth-order valence-electron chi connectivity index (χ4n) is 1.66. The molecule has 1 atom stereocenters. The lowest BCUT2D eigenvalue weighted by Crippen LogP contribution is -2.36. The molecule has 1 heterocycles. The van der Waals surface area contributed by atoms with Gasteiger partial charge >= 0.3 is 0 Å². The van der Waals surface area contributed by atoms with Crippen molar-refractivity contribution >= 4 is 11.6 Å². The molecule has 1 aromatic heterocycles. The van der Waals surface area contributed by atoms with Gasteiger partial charge in [-0.05, 0) is 30.7 Å². The molecular weight excluding hydrogens is 238 g/mol. The van der Waals surface area contributed by atoms with Gasteiger partial charge in [0.2, 0.25) is 5.96 Å². The lowest BCUT2D eigenvalue weighted by atomic mass is 10.1. The van der Waals surface area contributed by atoms with E-state index in [1.54, 1.807) is 12.4 Å². The summed E-state index contributed by atoms with van der Waals surface area (Å²) in [4.78, 5) is 8.57. The molecule has 0 radical (unpaired) electrons. The average Bonchev–Trinajstić information content (AvgIpc) is 2.48. The van der Waals surface area contributed by atoms with E-state index in [1.165, 1.54) is 0 Å². The Kier molecular flexibility index (Phi) is 4.47. The quantitative estimate of drug-likeness (QED) is 0.340. The molecule has 0 saturated heterocycles. The second-order valence-electron chi connectivity index (χ2n) is 4.08. The van der Waals surface area contributed by atoms with Crippen molar-refractivity contribution in [3.05, 3.63) is 60.4 Å². The number of anilines is 1. The summed E-state index contributed by atoms with van der Waals surface area (Å²) in [6, 6.07) is 13.6. The summed E-state index contributed by atoms with van der Waals surface area (Å²) in [5.74, 6) is 6.00. The molecule has 0 aliphatic rings. The standard InChI is InChI=1S/C14H17N5/c1-11(12-6-5-9-16-10-12)17-14(19-15)18-13-7-3-2-4-8-13/h2-11H,15H2,1H3,(H2,17,18,19). The Morgan fingerprint density at radius 3 is 2.63 bits per heavy atom. The number of nitrogens with two attached hydrogens (primary N) is 1. The molecule has 0 aliphatic carbocycles. The van der Waals surface area contributed by atoms with E-state index in [-0.39, 0.29) is 6.04 Å². The van der Waals surface area contributed by atoms with Gasteiger partial charge in [0.15, 0.2) is 0 Å². The summed E-state index contributed by atoms with van der Waals surface area (Å²) >= 11 is 0. The van der Waals surface area contributed by atoms with Crippen LogP contribution in [-0.2, 0) is 0 Å². The van der Waals surface area contributed by atoms with Gasteiger partial charge in [-0.15, -0.1) is 0 Å². The minimum atomic E-state index is -0.0315. The first-order valence-corrected chi connectivity index (χ1v) is 6.06. The van der Waals surface area contributed by atoms with Gasteiger partial charge in [-0.1, -0.05) is 24.3 Å². The summed E-state index contributed by atoms with van der Waals surface area (Å²) in [6.07, 6.45) is 3.54. The van der Waals surface area contributed by atoms with Crippen LogP contribution in [0.25, 0.3) is 0 Å². The molecule has 2 rings (SSSR count). The molecule has 98 valence electrons. The number of nitrogens with zero attached hydrogens (tertiary/aromatic N) is 2. The van der Waals surface area contributed by atoms with E-state index >= 15 is 0 Å². The van der Waals surface area contributed by atoms with E-state index in [4.69, 9.17) is 5.84 Å². The Labute approximate surface area is 112 Å². The molecule has 19 heavy (non-hydrogen) atoms. The molecule has 5 heteroatoms. The van der Waals surface area contributed by atoms with Crippen molar-refractivity contribution in [3.8, 4) is 0 Å². The zero-order chi connectivity index (χ0) is 13.5. The van der Waals surface area contributed by atoms with Gasteiger partial charge in [-0.2, -0.15) is 0 Å². The summed E-state index contributed by atoms with van der Waals surface area (Å²) in [5, 5.41) is 3.12. The van der Waals surface area contributed by atoms with Crippen LogP contribution in [0.3, 0.4) is 0 Å². The SMILES string of the molecule is CC(N=C(NN)Nc1ccccc1)c1cccnc1. The minimum Gasteiger partial charge on any atom is -0.325 e. The molecule has 0 fully saturated rings. The summed E-state index contributed by atoms with van der Waals surface area (Å²) in [6.45, 7) is 1.99. The summed E-state index contributed by atoms with van der Waals surface area (Å²) < 4.78 is 0. The largest absolute Gasteiger partial charge is 0.325 e. The normalized spacial score (nSPS) is 12.8. The molecule has 0 saturated carbocycles. The molecule has 4 N–H and O–H groups in total. The van der Waals surface area contributed by atoms with Gasteiger partial charge in [0.1, 0.15) is 0 Å². The number of hydrazine groups is 1. The third-order valence-electron chi connectivity index (χ3n) is 2.66. The van der Waals surface area contributed by atoms with Crippen LogP contribution in [0.5, 0.6) is 0 Å². The fourth-order valence-corrected chi connectivity index (χ4v) is 1.66. The second-order valence-corrected chi connectivity index (χ2v) is 4.08. The lowest BCUT2D eigenvalue weighted by molar-refractivity contribution is 0.798. The van der Waals surface area contributed by atoms with E-state index in [2.05, 4.69) is 20.7 Å². The average molecular weight is 255 g/mol. The monoisotopic (exact) mass is 255 g/mol. The molecule has 0 aliphatic heterocycles. The number of rotatable bonds is 3. The first-order valence-electron chi connectivity index (χ1n) is 6.06. The Morgan fingerprint density at radius 1 is 1.21 bits per heavy atom. The molecule has 0 spiro atoms. The van der Waals surface area contributed by atoms with Crippen molar-refractivity contribution in [2.45, 2.75) is 13.0 Å². The number of para-hydroxylation sites is 1. The second kappa shape index (κ2) is 6.51. The highest BCUT2D eigenvalue weighted by Gasteiger charge is 2.05. The Balaban J connectivity index is 2.11. The predicted molar refractivity (Wildman–Crippen MR) is 77.5 cm³/mol.